The lowest BCUT2D eigenvalue weighted by Gasteiger charge is -2.47. The van der Waals surface area contributed by atoms with E-state index in [1.165, 1.54) is 12.7 Å². The Hall–Kier alpha value is -0.170. The average Bonchev–Trinajstić information content (AvgIpc) is 2.31. The summed E-state index contributed by atoms with van der Waals surface area (Å²) in [7, 11) is -3.04. The number of sulfonamides is 1. The summed E-state index contributed by atoms with van der Waals surface area (Å²) in [6.07, 6.45) is 4.67. The Morgan fingerprint density at radius 3 is 2.26 bits per heavy atom. The molecule has 1 saturated heterocycles. The van der Waals surface area contributed by atoms with Gasteiger partial charge in [-0.05, 0) is 24.7 Å². The lowest BCUT2D eigenvalue weighted by atomic mass is 9.72. The molecule has 0 aromatic heterocycles. The Kier molecular flexibility index (Phi) is 4.26. The maximum Gasteiger partial charge on any atom is 0.211 e. The van der Waals surface area contributed by atoms with Gasteiger partial charge in [-0.15, -0.1) is 0 Å². The zero-order valence-corrected chi connectivity index (χ0v) is 13.1. The summed E-state index contributed by atoms with van der Waals surface area (Å²) in [5, 5.41) is 0. The minimum Gasteiger partial charge on any atom is -0.326 e. The first-order chi connectivity index (χ1) is 8.69. The molecule has 19 heavy (non-hydrogen) atoms. The van der Waals surface area contributed by atoms with Gasteiger partial charge >= 0.3 is 0 Å². The van der Waals surface area contributed by atoms with Crippen LogP contribution in [0.1, 0.15) is 33.1 Å². The number of rotatable bonds is 2. The molecule has 2 atom stereocenters. The number of piperazine rings is 1. The third-order valence-electron chi connectivity index (χ3n) is 4.62. The van der Waals surface area contributed by atoms with Crippen LogP contribution in [0.15, 0.2) is 0 Å². The van der Waals surface area contributed by atoms with E-state index >= 15 is 0 Å². The van der Waals surface area contributed by atoms with Crippen LogP contribution < -0.4 is 5.73 Å². The van der Waals surface area contributed by atoms with Crippen LogP contribution in [0, 0.1) is 5.41 Å². The van der Waals surface area contributed by atoms with Crippen molar-refractivity contribution in [2.24, 2.45) is 11.1 Å². The second-order valence-corrected chi connectivity index (χ2v) is 8.82. The third-order valence-corrected chi connectivity index (χ3v) is 5.92. The highest BCUT2D eigenvalue weighted by atomic mass is 32.2. The van der Waals surface area contributed by atoms with Crippen LogP contribution >= 0.6 is 0 Å². The summed E-state index contributed by atoms with van der Waals surface area (Å²) in [6.45, 7) is 7.42. The van der Waals surface area contributed by atoms with Crippen molar-refractivity contribution in [2.45, 2.75) is 45.2 Å². The topological polar surface area (TPSA) is 66.6 Å². The van der Waals surface area contributed by atoms with Gasteiger partial charge in [0.25, 0.3) is 0 Å². The molecular weight excluding hydrogens is 262 g/mol. The molecule has 2 aliphatic rings. The first-order valence-electron chi connectivity index (χ1n) is 7.14. The minimum absolute atomic E-state index is 0.234. The average molecular weight is 289 g/mol. The molecule has 2 unspecified atom stereocenters. The van der Waals surface area contributed by atoms with Gasteiger partial charge < -0.3 is 5.73 Å². The Morgan fingerprint density at radius 1 is 1.16 bits per heavy atom. The third kappa shape index (κ3) is 3.68. The Labute approximate surface area is 117 Å². The molecule has 1 aliphatic heterocycles. The van der Waals surface area contributed by atoms with Crippen molar-refractivity contribution in [3.05, 3.63) is 0 Å². The van der Waals surface area contributed by atoms with Crippen LogP contribution in [-0.2, 0) is 10.0 Å². The van der Waals surface area contributed by atoms with Gasteiger partial charge in [-0.2, -0.15) is 4.31 Å². The standard InChI is InChI=1S/C13H27N3O2S/c1-13(2)5-4-11(14)12(10-13)15-6-8-16(9-7-15)19(3,17)18/h11-12H,4-10,14H2,1-3H3. The fraction of sp³-hybridized carbons (Fsp3) is 1.00. The van der Waals surface area contributed by atoms with Gasteiger partial charge in [0, 0.05) is 38.3 Å². The molecular formula is C13H27N3O2S. The van der Waals surface area contributed by atoms with Crippen LogP contribution in [0.5, 0.6) is 0 Å². The van der Waals surface area contributed by atoms with Crippen molar-refractivity contribution in [1.29, 1.82) is 0 Å². The predicted octanol–water partition coefficient (Wildman–Crippen LogP) is 0.470. The number of nitrogens with two attached hydrogens (primary N) is 1. The molecule has 1 aliphatic carbocycles. The van der Waals surface area contributed by atoms with Gasteiger partial charge in [0.1, 0.15) is 0 Å². The molecule has 1 heterocycles. The molecule has 2 rings (SSSR count). The van der Waals surface area contributed by atoms with Gasteiger partial charge in [-0.1, -0.05) is 13.8 Å². The quantitative estimate of drug-likeness (QED) is 0.802. The van der Waals surface area contributed by atoms with E-state index in [0.717, 1.165) is 25.9 Å². The molecule has 5 nitrogen and oxygen atoms in total. The van der Waals surface area contributed by atoms with Crippen LogP contribution in [-0.4, -0.2) is 62.1 Å². The zero-order chi connectivity index (χ0) is 14.3. The molecule has 0 radical (unpaired) electrons. The van der Waals surface area contributed by atoms with Gasteiger partial charge in [-0.25, -0.2) is 8.42 Å². The number of hydrogen-bond donors (Lipinski definition) is 1. The molecule has 2 N–H and O–H groups in total. The lowest BCUT2D eigenvalue weighted by molar-refractivity contribution is 0.0552. The van der Waals surface area contributed by atoms with E-state index in [2.05, 4.69) is 18.7 Å². The van der Waals surface area contributed by atoms with Gasteiger partial charge in [0.2, 0.25) is 10.0 Å². The smallest absolute Gasteiger partial charge is 0.211 e. The van der Waals surface area contributed by atoms with Crippen molar-refractivity contribution >= 4 is 10.0 Å². The molecule has 6 heteroatoms. The molecule has 0 aromatic carbocycles. The Morgan fingerprint density at radius 2 is 1.74 bits per heavy atom. The van der Waals surface area contributed by atoms with E-state index < -0.39 is 10.0 Å². The largest absolute Gasteiger partial charge is 0.326 e. The highest BCUT2D eigenvalue weighted by Crippen LogP contribution is 2.37. The lowest BCUT2D eigenvalue weighted by Crippen LogP contribution is -2.58. The van der Waals surface area contributed by atoms with Crippen molar-refractivity contribution < 1.29 is 8.42 Å². The van der Waals surface area contributed by atoms with E-state index in [0.29, 0.717) is 24.5 Å². The maximum absolute atomic E-state index is 11.5. The van der Waals surface area contributed by atoms with E-state index in [1.807, 2.05) is 0 Å². The summed E-state index contributed by atoms with van der Waals surface area (Å²) in [4.78, 5) is 2.40. The number of hydrogen-bond acceptors (Lipinski definition) is 4. The van der Waals surface area contributed by atoms with Gasteiger partial charge in [-0.3, -0.25) is 4.90 Å². The van der Waals surface area contributed by atoms with Gasteiger partial charge in [0.15, 0.2) is 0 Å². The summed E-state index contributed by atoms with van der Waals surface area (Å²) < 4.78 is 24.6. The Bertz CT molecular complexity index is 414. The first kappa shape index (κ1) is 15.2. The highest BCUT2D eigenvalue weighted by molar-refractivity contribution is 7.88. The fourth-order valence-electron chi connectivity index (χ4n) is 3.34. The van der Waals surface area contributed by atoms with Crippen molar-refractivity contribution in [1.82, 2.24) is 9.21 Å². The summed E-state index contributed by atoms with van der Waals surface area (Å²) in [6, 6.07) is 0.642. The summed E-state index contributed by atoms with van der Waals surface area (Å²) >= 11 is 0. The van der Waals surface area contributed by atoms with E-state index in [-0.39, 0.29) is 6.04 Å². The summed E-state index contributed by atoms with van der Waals surface area (Å²) in [5.74, 6) is 0. The normalized spacial score (nSPS) is 34.3. The fourth-order valence-corrected chi connectivity index (χ4v) is 4.16. The summed E-state index contributed by atoms with van der Waals surface area (Å²) in [5.41, 5.74) is 6.63. The SMILES string of the molecule is CC1(C)CCC(N)C(N2CCN(S(C)(=O)=O)CC2)C1. The highest BCUT2D eigenvalue weighted by Gasteiger charge is 2.37. The first-order valence-corrected chi connectivity index (χ1v) is 8.99. The van der Waals surface area contributed by atoms with Crippen molar-refractivity contribution in [3.63, 3.8) is 0 Å². The molecule has 0 spiro atoms. The number of nitrogens with zero attached hydrogens (tertiary/aromatic N) is 2. The molecule has 0 bridgehead atoms. The monoisotopic (exact) mass is 289 g/mol. The van der Waals surface area contributed by atoms with Crippen molar-refractivity contribution in [2.75, 3.05) is 32.4 Å². The second-order valence-electron chi connectivity index (χ2n) is 6.84. The molecule has 0 amide bonds. The van der Waals surface area contributed by atoms with Crippen LogP contribution in [0.4, 0.5) is 0 Å². The molecule has 0 aromatic rings. The van der Waals surface area contributed by atoms with E-state index in [4.69, 9.17) is 5.73 Å². The second kappa shape index (κ2) is 5.31. The van der Waals surface area contributed by atoms with Crippen LogP contribution in [0.25, 0.3) is 0 Å². The minimum atomic E-state index is -3.04. The molecule has 1 saturated carbocycles. The Balaban J connectivity index is 1.97. The van der Waals surface area contributed by atoms with Crippen molar-refractivity contribution in [3.8, 4) is 0 Å². The van der Waals surface area contributed by atoms with E-state index in [1.54, 1.807) is 4.31 Å². The van der Waals surface area contributed by atoms with Crippen LogP contribution in [0.3, 0.4) is 0 Å². The van der Waals surface area contributed by atoms with Crippen LogP contribution in [0.2, 0.25) is 0 Å². The molecule has 2 fully saturated rings. The van der Waals surface area contributed by atoms with Gasteiger partial charge in [0.05, 0.1) is 6.26 Å². The molecule has 112 valence electrons. The predicted molar refractivity (Wildman–Crippen MR) is 77.4 cm³/mol. The maximum atomic E-state index is 11.5. The van der Waals surface area contributed by atoms with E-state index in [9.17, 15) is 8.42 Å². The zero-order valence-electron chi connectivity index (χ0n) is 12.3.